The summed E-state index contributed by atoms with van der Waals surface area (Å²) < 4.78 is 0. The van der Waals surface area contributed by atoms with E-state index < -0.39 is 5.97 Å². The van der Waals surface area contributed by atoms with Gasteiger partial charge in [0.05, 0.1) is 5.92 Å². The molecule has 0 fully saturated rings. The summed E-state index contributed by atoms with van der Waals surface area (Å²) in [6.45, 7) is 0. The van der Waals surface area contributed by atoms with Crippen molar-refractivity contribution < 1.29 is 15.0 Å². The monoisotopic (exact) mass is 486 g/mol. The van der Waals surface area contributed by atoms with Crippen molar-refractivity contribution in [3.05, 3.63) is 89.5 Å². The zero-order valence-electron chi connectivity index (χ0n) is 21.5. The van der Waals surface area contributed by atoms with Crippen molar-refractivity contribution in [2.24, 2.45) is 17.8 Å². The predicted molar refractivity (Wildman–Crippen MR) is 147 cm³/mol. The van der Waals surface area contributed by atoms with E-state index in [1.165, 1.54) is 62.5 Å². The van der Waals surface area contributed by atoms with Crippen LogP contribution in [0.4, 0.5) is 0 Å². The van der Waals surface area contributed by atoms with Crippen molar-refractivity contribution in [2.75, 3.05) is 0 Å². The molecule has 2 bridgehead atoms. The Morgan fingerprint density at radius 2 is 1.56 bits per heavy atom. The molecule has 0 unspecified atom stereocenters. The van der Waals surface area contributed by atoms with Crippen LogP contribution >= 0.6 is 0 Å². The summed E-state index contributed by atoms with van der Waals surface area (Å²) in [7, 11) is 0. The number of allylic oxidation sites excluding steroid dienone is 4. The molecule has 2 N–H and O–H groups in total. The van der Waals surface area contributed by atoms with Gasteiger partial charge in [-0.15, -0.1) is 0 Å². The SMILES string of the molecule is O=C(O)[C@H]1C/C=C\C[C@H](CCCCCC[C@@H]2C=CCC2)[C@H](c2ccc(O)cc2)Cc2cccc(c2)C1. The molecular formula is C33H42O3. The van der Waals surface area contributed by atoms with Crippen LogP contribution in [0.3, 0.4) is 0 Å². The molecule has 2 aromatic rings. The van der Waals surface area contributed by atoms with Gasteiger partial charge in [0.2, 0.25) is 0 Å². The average molecular weight is 487 g/mol. The van der Waals surface area contributed by atoms with Gasteiger partial charge in [0, 0.05) is 0 Å². The Morgan fingerprint density at radius 1 is 0.833 bits per heavy atom. The lowest BCUT2D eigenvalue weighted by molar-refractivity contribution is -0.141. The highest BCUT2D eigenvalue weighted by atomic mass is 16.4. The topological polar surface area (TPSA) is 57.5 Å². The van der Waals surface area contributed by atoms with Gasteiger partial charge >= 0.3 is 5.97 Å². The summed E-state index contributed by atoms with van der Waals surface area (Å²) in [6.07, 6.45) is 22.3. The number of hydrogen-bond acceptors (Lipinski definition) is 2. The summed E-state index contributed by atoms with van der Waals surface area (Å²) in [4.78, 5) is 11.8. The molecule has 3 heteroatoms. The molecule has 2 aliphatic rings. The number of carboxylic acids is 1. The first-order valence-corrected chi connectivity index (χ1v) is 14.0. The fourth-order valence-corrected chi connectivity index (χ4v) is 6.09. The molecule has 0 radical (unpaired) electrons. The number of aromatic hydroxyl groups is 1. The Kier molecular flexibility index (Phi) is 9.84. The molecule has 0 heterocycles. The fraction of sp³-hybridized carbons (Fsp3) is 0.485. The molecule has 3 nitrogen and oxygen atoms in total. The second-order valence-electron chi connectivity index (χ2n) is 10.9. The minimum absolute atomic E-state index is 0.308. The summed E-state index contributed by atoms with van der Waals surface area (Å²) in [6, 6.07) is 16.3. The van der Waals surface area contributed by atoms with E-state index in [9.17, 15) is 15.0 Å². The van der Waals surface area contributed by atoms with Crippen LogP contribution in [0.15, 0.2) is 72.8 Å². The number of rotatable bonds is 9. The molecule has 4 atom stereocenters. The number of unbranched alkanes of at least 4 members (excludes halogenated alkanes) is 3. The Morgan fingerprint density at radius 3 is 2.28 bits per heavy atom. The Hall–Kier alpha value is -2.81. The number of carbonyl (C=O) groups is 1. The highest BCUT2D eigenvalue weighted by Gasteiger charge is 2.24. The molecule has 0 saturated heterocycles. The van der Waals surface area contributed by atoms with Crippen molar-refractivity contribution in [3.63, 3.8) is 0 Å². The highest BCUT2D eigenvalue weighted by Crippen LogP contribution is 2.36. The maximum atomic E-state index is 11.8. The molecule has 2 aliphatic carbocycles. The second kappa shape index (κ2) is 13.5. The summed E-state index contributed by atoms with van der Waals surface area (Å²) in [5.74, 6) is 0.873. The van der Waals surface area contributed by atoms with Crippen LogP contribution in [-0.4, -0.2) is 16.2 Å². The number of phenols is 1. The third kappa shape index (κ3) is 7.85. The van der Waals surface area contributed by atoms with E-state index in [2.05, 4.69) is 60.7 Å². The van der Waals surface area contributed by atoms with Gasteiger partial charge in [0.25, 0.3) is 0 Å². The third-order valence-electron chi connectivity index (χ3n) is 8.21. The van der Waals surface area contributed by atoms with Crippen molar-refractivity contribution in [1.82, 2.24) is 0 Å². The largest absolute Gasteiger partial charge is 0.508 e. The standard InChI is InChI=1S/C33H42O3/c34-31-20-18-29(19-21-31)32-24-27-14-9-13-26(22-27)23-30(33(35)36)17-8-7-16-28(32)15-4-2-1-3-10-25-11-5-6-12-25/h5,7-9,11,13-14,18-22,25,28,30,32,34H,1-4,6,10,12,15-17,23-24H2,(H,35,36)/b8-7-/t25-,28+,30+,32-/m1/s1. The van der Waals surface area contributed by atoms with Gasteiger partial charge in [-0.3, -0.25) is 4.79 Å². The van der Waals surface area contributed by atoms with Crippen molar-refractivity contribution in [3.8, 4) is 5.75 Å². The van der Waals surface area contributed by atoms with Gasteiger partial charge in [-0.25, -0.2) is 0 Å². The van der Waals surface area contributed by atoms with E-state index in [1.807, 2.05) is 12.1 Å². The van der Waals surface area contributed by atoms with Crippen LogP contribution in [0.2, 0.25) is 0 Å². The Labute approximate surface area is 217 Å². The van der Waals surface area contributed by atoms with Crippen LogP contribution in [0.25, 0.3) is 0 Å². The second-order valence-corrected chi connectivity index (χ2v) is 10.9. The first kappa shape index (κ1) is 26.3. The maximum absolute atomic E-state index is 11.8. The van der Waals surface area contributed by atoms with Crippen LogP contribution in [0.5, 0.6) is 5.75 Å². The van der Waals surface area contributed by atoms with Crippen LogP contribution in [-0.2, 0) is 17.6 Å². The number of aliphatic carboxylic acids is 1. The smallest absolute Gasteiger partial charge is 0.307 e. The lowest BCUT2D eigenvalue weighted by Gasteiger charge is -2.28. The average Bonchev–Trinajstić information content (AvgIpc) is 3.39. The van der Waals surface area contributed by atoms with E-state index in [-0.39, 0.29) is 5.92 Å². The molecule has 0 amide bonds. The first-order valence-electron chi connectivity index (χ1n) is 14.0. The molecule has 0 aliphatic heterocycles. The van der Waals surface area contributed by atoms with E-state index >= 15 is 0 Å². The zero-order chi connectivity index (χ0) is 25.2. The quantitative estimate of drug-likeness (QED) is 0.277. The van der Waals surface area contributed by atoms with Crippen LogP contribution in [0, 0.1) is 17.8 Å². The minimum atomic E-state index is -0.714. The number of benzene rings is 2. The third-order valence-corrected chi connectivity index (χ3v) is 8.21. The maximum Gasteiger partial charge on any atom is 0.307 e. The number of carboxylic acid groups (broad SMARTS) is 1. The van der Waals surface area contributed by atoms with Crippen molar-refractivity contribution >= 4 is 5.97 Å². The summed E-state index contributed by atoms with van der Waals surface area (Å²) >= 11 is 0. The molecule has 192 valence electrons. The van der Waals surface area contributed by atoms with Gasteiger partial charge in [0.15, 0.2) is 0 Å². The van der Waals surface area contributed by atoms with E-state index in [0.717, 1.165) is 24.3 Å². The first-order chi connectivity index (χ1) is 17.6. The van der Waals surface area contributed by atoms with Gasteiger partial charge in [-0.1, -0.05) is 86.4 Å². The molecule has 36 heavy (non-hydrogen) atoms. The van der Waals surface area contributed by atoms with Gasteiger partial charge < -0.3 is 10.2 Å². The normalized spacial score (nSPS) is 25.1. The van der Waals surface area contributed by atoms with Crippen molar-refractivity contribution in [1.29, 1.82) is 0 Å². The molecule has 0 aromatic heterocycles. The van der Waals surface area contributed by atoms with Crippen LogP contribution < -0.4 is 0 Å². The van der Waals surface area contributed by atoms with Crippen molar-refractivity contribution in [2.45, 2.75) is 83.0 Å². The molecular weight excluding hydrogens is 444 g/mol. The lowest BCUT2D eigenvalue weighted by atomic mass is 9.76. The van der Waals surface area contributed by atoms with Gasteiger partial charge in [-0.05, 0) is 97.9 Å². The lowest BCUT2D eigenvalue weighted by Crippen LogP contribution is -2.18. The summed E-state index contributed by atoms with van der Waals surface area (Å²) in [5, 5.41) is 19.6. The molecule has 2 aromatic carbocycles. The molecule has 4 rings (SSSR count). The molecule has 0 saturated carbocycles. The highest BCUT2D eigenvalue weighted by molar-refractivity contribution is 5.70. The predicted octanol–water partition coefficient (Wildman–Crippen LogP) is 8.23. The minimum Gasteiger partial charge on any atom is -0.508 e. The zero-order valence-corrected chi connectivity index (χ0v) is 21.5. The van der Waals surface area contributed by atoms with Gasteiger partial charge in [-0.2, -0.15) is 0 Å². The molecule has 0 spiro atoms. The van der Waals surface area contributed by atoms with E-state index in [4.69, 9.17) is 0 Å². The number of hydrogen-bond donors (Lipinski definition) is 2. The fourth-order valence-electron chi connectivity index (χ4n) is 6.09. The Balaban J connectivity index is 1.48. The number of fused-ring (bicyclic) bond motifs is 2. The van der Waals surface area contributed by atoms with E-state index in [0.29, 0.717) is 30.4 Å². The summed E-state index contributed by atoms with van der Waals surface area (Å²) in [5.41, 5.74) is 3.66. The van der Waals surface area contributed by atoms with Crippen LogP contribution in [0.1, 0.15) is 86.8 Å². The van der Waals surface area contributed by atoms with E-state index in [1.54, 1.807) is 0 Å². The number of phenolic OH excluding ortho intramolecular Hbond substituents is 1. The van der Waals surface area contributed by atoms with Gasteiger partial charge in [0.1, 0.15) is 5.75 Å². The Bertz CT molecular complexity index is 1020.